The van der Waals surface area contributed by atoms with E-state index in [1.807, 2.05) is 12.1 Å². The number of fused-ring (bicyclic) bond motifs is 6. The van der Waals surface area contributed by atoms with Crippen molar-refractivity contribution in [2.75, 3.05) is 0 Å². The number of hydrogen-bond acceptors (Lipinski definition) is 0. The first-order chi connectivity index (χ1) is 19.7. The zero-order valence-corrected chi connectivity index (χ0v) is 22.9. The second-order valence-corrected chi connectivity index (χ2v) is 10.9. The van der Waals surface area contributed by atoms with E-state index in [1.165, 1.54) is 21.5 Å². The molecule has 40 heavy (non-hydrogen) atoms. The third-order valence-corrected chi connectivity index (χ3v) is 8.50. The summed E-state index contributed by atoms with van der Waals surface area (Å²) < 4.78 is 4.54. The van der Waals surface area contributed by atoms with Gasteiger partial charge in [0, 0.05) is 44.0 Å². The molecule has 8 aromatic rings. The molecule has 190 valence electrons. The largest absolute Gasteiger partial charge is 0.309 e. The van der Waals surface area contributed by atoms with E-state index in [9.17, 15) is 0 Å². The van der Waals surface area contributed by atoms with E-state index < -0.39 is 0 Å². The molecule has 0 bridgehead atoms. The second-order valence-electron chi connectivity index (χ2n) is 10.1. The van der Waals surface area contributed by atoms with Crippen molar-refractivity contribution in [1.82, 2.24) is 9.13 Å². The molecule has 2 aromatic heterocycles. The van der Waals surface area contributed by atoms with Crippen LogP contribution in [0.3, 0.4) is 0 Å². The van der Waals surface area contributed by atoms with Crippen LogP contribution in [0, 0.1) is 0 Å². The Bertz CT molecular complexity index is 1990. The first-order valence-corrected chi connectivity index (χ1v) is 14.0. The Kier molecular flexibility index (Phi) is 5.28. The quantitative estimate of drug-likeness (QED) is 0.206. The summed E-state index contributed by atoms with van der Waals surface area (Å²) in [4.78, 5) is 0. The summed E-state index contributed by atoms with van der Waals surface area (Å²) in [6, 6.07) is 46.4. The lowest BCUT2D eigenvalue weighted by Crippen LogP contribution is -1.96. The second kappa shape index (κ2) is 9.02. The molecule has 0 aliphatic carbocycles. The fourth-order valence-corrected chi connectivity index (χ4v) is 6.68. The predicted molar refractivity (Wildman–Crippen MR) is 171 cm³/mol. The van der Waals surface area contributed by atoms with E-state index in [2.05, 4.69) is 130 Å². The first-order valence-electron chi connectivity index (χ1n) is 13.3. The van der Waals surface area contributed by atoms with Crippen LogP contribution in [-0.2, 0) is 0 Å². The van der Waals surface area contributed by atoms with E-state index in [0.717, 1.165) is 44.6 Å². The molecular formula is C36H22Cl2N2. The molecule has 0 unspecified atom stereocenters. The standard InChI is InChI=1S/C36H22Cl2N2/c37-31-21-23(39-33-13-5-1-9-27(33)28-10-2-6-14-34(28)39)17-19-25(31)26-20-18-24(22-32(26)38)40-35-15-7-3-11-29(35)30-12-4-8-16-36(30)40/h1-22H. The van der Waals surface area contributed by atoms with Crippen molar-refractivity contribution in [1.29, 1.82) is 0 Å². The molecule has 0 saturated carbocycles. The average Bonchev–Trinajstić information content (AvgIpc) is 3.51. The maximum atomic E-state index is 6.97. The first kappa shape index (κ1) is 23.4. The van der Waals surface area contributed by atoms with Crippen LogP contribution in [0.25, 0.3) is 66.1 Å². The Balaban J connectivity index is 1.25. The predicted octanol–water partition coefficient (Wildman–Crippen LogP) is 10.9. The SMILES string of the molecule is Clc1cc(-n2c3ccccc3c3ccccc32)ccc1-c1ccc(-n2c3ccccc3c3ccccc32)cc1Cl. The highest BCUT2D eigenvalue weighted by Crippen LogP contribution is 2.39. The van der Waals surface area contributed by atoms with Gasteiger partial charge in [0.15, 0.2) is 0 Å². The monoisotopic (exact) mass is 552 g/mol. The lowest BCUT2D eigenvalue weighted by Gasteiger charge is -2.14. The Morgan fingerprint density at radius 1 is 0.350 bits per heavy atom. The molecule has 8 rings (SSSR count). The van der Waals surface area contributed by atoms with Gasteiger partial charge in [0.1, 0.15) is 0 Å². The Hall–Kier alpha value is -4.50. The van der Waals surface area contributed by atoms with Gasteiger partial charge in [-0.3, -0.25) is 0 Å². The minimum atomic E-state index is 0.658. The lowest BCUT2D eigenvalue weighted by atomic mass is 10.0. The molecule has 0 N–H and O–H groups in total. The maximum Gasteiger partial charge on any atom is 0.0541 e. The number of halogens is 2. The molecule has 2 nitrogen and oxygen atoms in total. The molecule has 0 aliphatic rings. The summed E-state index contributed by atoms with van der Waals surface area (Å²) in [5, 5.41) is 6.21. The van der Waals surface area contributed by atoms with Gasteiger partial charge in [0.05, 0.1) is 32.1 Å². The topological polar surface area (TPSA) is 9.86 Å². The fraction of sp³-hybridized carbons (Fsp3) is 0. The van der Waals surface area contributed by atoms with Crippen LogP contribution in [0.4, 0.5) is 0 Å². The third kappa shape index (κ3) is 3.43. The minimum absolute atomic E-state index is 0.658. The molecular weight excluding hydrogens is 531 g/mol. The van der Waals surface area contributed by atoms with Crippen LogP contribution in [0.5, 0.6) is 0 Å². The van der Waals surface area contributed by atoms with Crippen molar-refractivity contribution in [2.45, 2.75) is 0 Å². The molecule has 6 aromatic carbocycles. The number of hydrogen-bond donors (Lipinski definition) is 0. The van der Waals surface area contributed by atoms with Crippen molar-refractivity contribution in [2.24, 2.45) is 0 Å². The maximum absolute atomic E-state index is 6.97. The summed E-state index contributed by atoms with van der Waals surface area (Å²) in [5.41, 5.74) is 8.47. The highest BCUT2D eigenvalue weighted by molar-refractivity contribution is 6.36. The number of benzene rings is 6. The van der Waals surface area contributed by atoms with Crippen molar-refractivity contribution < 1.29 is 0 Å². The highest BCUT2D eigenvalue weighted by Gasteiger charge is 2.16. The summed E-state index contributed by atoms with van der Waals surface area (Å²) in [6.45, 7) is 0. The van der Waals surface area contributed by atoms with Crippen molar-refractivity contribution in [3.8, 4) is 22.5 Å². The summed E-state index contributed by atoms with van der Waals surface area (Å²) in [7, 11) is 0. The minimum Gasteiger partial charge on any atom is -0.309 e. The average molecular weight is 553 g/mol. The van der Waals surface area contributed by atoms with Crippen LogP contribution < -0.4 is 0 Å². The molecule has 0 amide bonds. The fourth-order valence-electron chi connectivity index (χ4n) is 6.12. The molecule has 2 heterocycles. The lowest BCUT2D eigenvalue weighted by molar-refractivity contribution is 1.18. The normalized spacial score (nSPS) is 11.8. The molecule has 0 spiro atoms. The van der Waals surface area contributed by atoms with Crippen LogP contribution in [0.15, 0.2) is 133 Å². The van der Waals surface area contributed by atoms with Gasteiger partial charge in [-0.05, 0) is 48.5 Å². The number of aromatic nitrogens is 2. The van der Waals surface area contributed by atoms with Gasteiger partial charge < -0.3 is 9.13 Å². The Labute approximate surface area is 241 Å². The zero-order valence-electron chi connectivity index (χ0n) is 21.4. The van der Waals surface area contributed by atoms with Crippen LogP contribution in [0.2, 0.25) is 10.0 Å². The van der Waals surface area contributed by atoms with Gasteiger partial charge in [-0.1, -0.05) is 108 Å². The van der Waals surface area contributed by atoms with Crippen molar-refractivity contribution in [3.05, 3.63) is 144 Å². The van der Waals surface area contributed by atoms with Crippen molar-refractivity contribution in [3.63, 3.8) is 0 Å². The Morgan fingerprint density at radius 2 is 0.650 bits per heavy atom. The van der Waals surface area contributed by atoms with Crippen LogP contribution >= 0.6 is 23.2 Å². The van der Waals surface area contributed by atoms with Gasteiger partial charge in [-0.2, -0.15) is 0 Å². The van der Waals surface area contributed by atoms with E-state index in [-0.39, 0.29) is 0 Å². The van der Waals surface area contributed by atoms with Gasteiger partial charge in [-0.15, -0.1) is 0 Å². The van der Waals surface area contributed by atoms with Crippen molar-refractivity contribution >= 4 is 66.8 Å². The van der Waals surface area contributed by atoms with Gasteiger partial charge >= 0.3 is 0 Å². The Morgan fingerprint density at radius 3 is 0.950 bits per heavy atom. The molecule has 0 radical (unpaired) electrons. The van der Waals surface area contributed by atoms with E-state index in [1.54, 1.807) is 0 Å². The highest BCUT2D eigenvalue weighted by atomic mass is 35.5. The van der Waals surface area contributed by atoms with Gasteiger partial charge in [0.25, 0.3) is 0 Å². The molecule has 0 saturated heterocycles. The van der Waals surface area contributed by atoms with E-state index in [0.29, 0.717) is 10.0 Å². The van der Waals surface area contributed by atoms with E-state index >= 15 is 0 Å². The number of rotatable bonds is 3. The third-order valence-electron chi connectivity index (χ3n) is 7.87. The zero-order chi connectivity index (χ0) is 26.8. The summed E-state index contributed by atoms with van der Waals surface area (Å²) in [5.74, 6) is 0. The number of nitrogens with zero attached hydrogens (tertiary/aromatic N) is 2. The molecule has 4 heteroatoms. The number of para-hydroxylation sites is 4. The molecule has 0 aliphatic heterocycles. The van der Waals surface area contributed by atoms with E-state index in [4.69, 9.17) is 23.2 Å². The molecule has 0 fully saturated rings. The van der Waals surface area contributed by atoms with Gasteiger partial charge in [0.2, 0.25) is 0 Å². The smallest absolute Gasteiger partial charge is 0.0541 e. The summed E-state index contributed by atoms with van der Waals surface area (Å²) >= 11 is 13.9. The van der Waals surface area contributed by atoms with Crippen LogP contribution in [-0.4, -0.2) is 9.13 Å². The molecule has 0 atom stereocenters. The van der Waals surface area contributed by atoms with Crippen LogP contribution in [0.1, 0.15) is 0 Å². The van der Waals surface area contributed by atoms with Gasteiger partial charge in [-0.25, -0.2) is 0 Å². The summed E-state index contributed by atoms with van der Waals surface area (Å²) in [6.07, 6.45) is 0.